The van der Waals surface area contributed by atoms with Crippen LogP contribution in [0.25, 0.3) is 10.9 Å². The van der Waals surface area contributed by atoms with Gasteiger partial charge in [0.05, 0.1) is 23.7 Å². The highest BCUT2D eigenvalue weighted by Gasteiger charge is 2.47. The number of nitrogens with zero attached hydrogens (tertiary/aromatic N) is 1. The van der Waals surface area contributed by atoms with E-state index in [-0.39, 0.29) is 58.6 Å². The molecule has 1 aliphatic carbocycles. The van der Waals surface area contributed by atoms with Gasteiger partial charge >= 0.3 is 12.1 Å². The summed E-state index contributed by atoms with van der Waals surface area (Å²) in [7, 11) is 0. The molecule has 0 saturated heterocycles. The minimum Gasteiger partial charge on any atom is -0.461 e. The van der Waals surface area contributed by atoms with Crippen molar-refractivity contribution in [1.82, 2.24) is 31.2 Å². The summed E-state index contributed by atoms with van der Waals surface area (Å²) in [6.07, 6.45) is -4.52. The standard InChI is InChI=1S/C36H39F4IN6O4S2/c1-5-51-32(49)26-17-53-31(44-26)28(19(4)41)45-33(50)35(14-13-25-22(15-35)21-10-8-11-23(29(21)43-25)36(38,39)40)47-30(48)27(18(2)3)46-34(52)42-16-20-9-6-7-12-24(20)37/h6-12,17-19,27-28,43H,5,13-16H2,1-4H3,(H,45,50)(H,47,48)(H2,42,46,52)/t19-,27+,28+,35-/m1/s1. The molecule has 0 radical (unpaired) electrons. The molecule has 0 spiro atoms. The number of para-hydroxylation sites is 1. The van der Waals surface area contributed by atoms with Crippen molar-refractivity contribution in [1.29, 1.82) is 0 Å². The van der Waals surface area contributed by atoms with E-state index in [2.05, 4.69) is 53.8 Å². The van der Waals surface area contributed by atoms with Crippen LogP contribution in [0.2, 0.25) is 0 Å². The molecule has 0 fully saturated rings. The molecule has 2 heterocycles. The maximum atomic E-state index is 14.7. The zero-order chi connectivity index (χ0) is 38.7. The Morgan fingerprint density at radius 2 is 1.85 bits per heavy atom. The van der Waals surface area contributed by atoms with Gasteiger partial charge in [-0.25, -0.2) is 14.2 Å². The number of aryl methyl sites for hydroxylation is 1. The first-order valence-electron chi connectivity index (χ1n) is 16.9. The van der Waals surface area contributed by atoms with Crippen molar-refractivity contribution in [3.8, 4) is 0 Å². The number of amides is 2. The summed E-state index contributed by atoms with van der Waals surface area (Å²) in [6, 6.07) is 8.43. The lowest BCUT2D eigenvalue weighted by Crippen LogP contribution is -2.65. The summed E-state index contributed by atoms with van der Waals surface area (Å²) in [5, 5.41) is 14.3. The molecule has 2 aromatic carbocycles. The predicted molar refractivity (Wildman–Crippen MR) is 206 cm³/mol. The first kappa shape index (κ1) is 40.3. The van der Waals surface area contributed by atoms with E-state index in [1.165, 1.54) is 23.5 Å². The SMILES string of the molecule is CCOC(=O)c1csc([C@@H](NC(=O)[C@@]2(NC(=O)[C@@H](NC(=S)NCc3ccccc3F)C(C)C)CCc3[nH]c4c(C(F)(F)F)cccc4c3C2)[C@@H](C)I)n1. The van der Waals surface area contributed by atoms with Crippen molar-refractivity contribution in [2.45, 2.75) is 81.2 Å². The number of carbonyl (C=O) groups excluding carboxylic acids is 3. The number of fused-ring (bicyclic) bond motifs is 3. The van der Waals surface area contributed by atoms with Gasteiger partial charge in [-0.1, -0.05) is 73.7 Å². The molecule has 53 heavy (non-hydrogen) atoms. The van der Waals surface area contributed by atoms with Gasteiger partial charge in [0.2, 0.25) is 11.8 Å². The molecule has 5 N–H and O–H groups in total. The number of thiocarbonyl (C=S) groups is 1. The highest BCUT2D eigenvalue weighted by atomic mass is 127. The summed E-state index contributed by atoms with van der Waals surface area (Å²) in [4.78, 5) is 48.6. The fourth-order valence-electron chi connectivity index (χ4n) is 6.30. The molecule has 4 aromatic rings. The number of esters is 1. The highest BCUT2D eigenvalue weighted by Crippen LogP contribution is 2.40. The van der Waals surface area contributed by atoms with Gasteiger partial charge in [-0.05, 0) is 55.6 Å². The molecule has 0 saturated carbocycles. The number of aromatic amines is 1. The van der Waals surface area contributed by atoms with Crippen LogP contribution < -0.4 is 21.3 Å². The van der Waals surface area contributed by atoms with Gasteiger partial charge in [0.1, 0.15) is 22.4 Å². The summed E-state index contributed by atoms with van der Waals surface area (Å²) in [6.45, 7) is 7.34. The summed E-state index contributed by atoms with van der Waals surface area (Å²) in [5.41, 5.74) is -1.03. The Bertz CT molecular complexity index is 2000. The molecule has 1 aliphatic rings. The van der Waals surface area contributed by atoms with E-state index in [4.69, 9.17) is 17.0 Å². The number of halogens is 5. The van der Waals surface area contributed by atoms with Crippen LogP contribution in [-0.2, 0) is 39.9 Å². The third kappa shape index (κ3) is 9.11. The Hall–Kier alpha value is -3.84. The van der Waals surface area contributed by atoms with Crippen molar-refractivity contribution >= 4 is 79.9 Å². The van der Waals surface area contributed by atoms with Crippen molar-refractivity contribution in [2.75, 3.05) is 6.61 Å². The lowest BCUT2D eigenvalue weighted by molar-refractivity contribution is -0.136. The topological polar surface area (TPSA) is 137 Å². The van der Waals surface area contributed by atoms with Crippen molar-refractivity contribution in [3.63, 3.8) is 0 Å². The third-order valence-electron chi connectivity index (χ3n) is 9.06. The zero-order valence-corrected chi connectivity index (χ0v) is 33.0. The number of aromatic nitrogens is 2. The molecule has 5 rings (SSSR count). The van der Waals surface area contributed by atoms with Crippen LogP contribution >= 0.6 is 46.1 Å². The Morgan fingerprint density at radius 3 is 2.51 bits per heavy atom. The number of thiazole rings is 1. The average Bonchev–Trinajstić information content (AvgIpc) is 3.73. The smallest absolute Gasteiger partial charge is 0.418 e. The van der Waals surface area contributed by atoms with Crippen LogP contribution in [0.1, 0.15) is 78.0 Å². The fraction of sp³-hybridized carbons (Fsp3) is 0.417. The van der Waals surface area contributed by atoms with Gasteiger partial charge in [0.15, 0.2) is 10.8 Å². The van der Waals surface area contributed by atoms with E-state index in [1.807, 2.05) is 6.92 Å². The largest absolute Gasteiger partial charge is 0.461 e. The van der Waals surface area contributed by atoms with E-state index in [9.17, 15) is 31.9 Å². The molecular formula is C36H39F4IN6O4S2. The monoisotopic (exact) mass is 886 g/mol. The Balaban J connectivity index is 1.47. The normalized spacial score (nSPS) is 17.4. The minimum absolute atomic E-state index is 0.0564. The minimum atomic E-state index is -4.62. The molecule has 0 aliphatic heterocycles. The van der Waals surface area contributed by atoms with Crippen LogP contribution in [-0.4, -0.2) is 55.0 Å². The van der Waals surface area contributed by atoms with Gasteiger partial charge < -0.3 is 31.0 Å². The third-order valence-corrected chi connectivity index (χ3v) is 11.0. The number of ether oxygens (including phenoxy) is 1. The number of H-pyrrole nitrogens is 1. The van der Waals surface area contributed by atoms with E-state index in [0.717, 1.165) is 6.07 Å². The van der Waals surface area contributed by atoms with Crippen molar-refractivity contribution in [3.05, 3.63) is 86.7 Å². The van der Waals surface area contributed by atoms with Gasteiger partial charge in [0.25, 0.3) is 0 Å². The van der Waals surface area contributed by atoms with E-state index in [1.54, 1.807) is 50.4 Å². The molecule has 0 bridgehead atoms. The second-order valence-electron chi connectivity index (χ2n) is 13.1. The number of alkyl halides is 4. The number of hydrogen-bond acceptors (Lipinski definition) is 7. The van der Waals surface area contributed by atoms with Crippen LogP contribution in [0.15, 0.2) is 47.8 Å². The molecule has 17 heteroatoms. The molecule has 10 nitrogen and oxygen atoms in total. The number of carbonyl (C=O) groups is 3. The Labute approximate surface area is 326 Å². The average molecular weight is 887 g/mol. The van der Waals surface area contributed by atoms with Crippen LogP contribution in [0, 0.1) is 11.7 Å². The molecule has 2 aromatic heterocycles. The number of hydrogen-bond donors (Lipinski definition) is 5. The van der Waals surface area contributed by atoms with Crippen molar-refractivity contribution < 1.29 is 36.7 Å². The first-order chi connectivity index (χ1) is 25.0. The predicted octanol–water partition coefficient (Wildman–Crippen LogP) is 6.67. The molecule has 2 amide bonds. The van der Waals surface area contributed by atoms with Crippen LogP contribution in [0.3, 0.4) is 0 Å². The fourth-order valence-corrected chi connectivity index (χ4v) is 8.21. The highest BCUT2D eigenvalue weighted by molar-refractivity contribution is 14.1. The van der Waals surface area contributed by atoms with Crippen LogP contribution in [0.4, 0.5) is 17.6 Å². The maximum Gasteiger partial charge on any atom is 0.418 e. The summed E-state index contributed by atoms with van der Waals surface area (Å²) < 4.78 is 61.2. The van der Waals surface area contributed by atoms with E-state index < -0.39 is 53.0 Å². The molecule has 4 atom stereocenters. The van der Waals surface area contributed by atoms with E-state index >= 15 is 0 Å². The molecule has 0 unspecified atom stereocenters. The number of nitrogens with one attached hydrogen (secondary N) is 5. The lowest BCUT2D eigenvalue weighted by Gasteiger charge is -2.39. The Morgan fingerprint density at radius 1 is 1.11 bits per heavy atom. The van der Waals surface area contributed by atoms with Crippen molar-refractivity contribution in [2.24, 2.45) is 5.92 Å². The number of rotatable bonds is 12. The molecular weight excluding hydrogens is 847 g/mol. The van der Waals surface area contributed by atoms with Gasteiger partial charge in [0, 0.05) is 38.9 Å². The summed E-state index contributed by atoms with van der Waals surface area (Å²) in [5.74, 6) is -2.50. The zero-order valence-electron chi connectivity index (χ0n) is 29.3. The lowest BCUT2D eigenvalue weighted by atomic mass is 9.78. The first-order valence-corrected chi connectivity index (χ1v) is 19.4. The Kier molecular flexibility index (Phi) is 12.7. The maximum absolute atomic E-state index is 14.7. The van der Waals surface area contributed by atoms with Gasteiger partial charge in [-0.15, -0.1) is 11.3 Å². The number of benzene rings is 2. The van der Waals surface area contributed by atoms with E-state index in [0.29, 0.717) is 27.2 Å². The molecule has 284 valence electrons. The second-order valence-corrected chi connectivity index (χ2v) is 16.4. The second kappa shape index (κ2) is 16.7. The van der Waals surface area contributed by atoms with Gasteiger partial charge in [-0.2, -0.15) is 13.2 Å². The van der Waals surface area contributed by atoms with Gasteiger partial charge in [-0.3, -0.25) is 9.59 Å². The quantitative estimate of drug-likeness (QED) is 0.0350. The van der Waals surface area contributed by atoms with Crippen LogP contribution in [0.5, 0.6) is 0 Å². The summed E-state index contributed by atoms with van der Waals surface area (Å²) >= 11 is 8.77.